The number of oxime groups is 1. The molecule has 0 aliphatic carbocycles. The van der Waals surface area contributed by atoms with E-state index in [0.29, 0.717) is 43.1 Å². The Bertz CT molecular complexity index is 785. The number of piperidine rings is 1. The number of halogens is 1. The number of amides is 1. The highest BCUT2D eigenvalue weighted by atomic mass is 35.5. The molecule has 0 radical (unpaired) electrons. The topological polar surface area (TPSA) is 88.1 Å². The molecule has 0 saturated carbocycles. The van der Waals surface area contributed by atoms with Gasteiger partial charge in [-0.3, -0.25) is 4.79 Å². The lowest BCUT2D eigenvalue weighted by Gasteiger charge is -2.31. The third kappa shape index (κ3) is 4.57. The van der Waals surface area contributed by atoms with Crippen molar-refractivity contribution in [3.8, 4) is 0 Å². The summed E-state index contributed by atoms with van der Waals surface area (Å²) in [6.45, 7) is 2.73. The number of nitrogens with one attached hydrogen (secondary N) is 1. The zero-order chi connectivity index (χ0) is 18.7. The molecule has 1 unspecified atom stereocenters. The van der Waals surface area contributed by atoms with Crippen LogP contribution in [0.5, 0.6) is 0 Å². The Labute approximate surface area is 162 Å². The smallest absolute Gasteiger partial charge is 0.264 e. The lowest BCUT2D eigenvalue weighted by molar-refractivity contribution is -0.132. The van der Waals surface area contributed by atoms with Crippen LogP contribution in [0, 0.1) is 0 Å². The van der Waals surface area contributed by atoms with Crippen LogP contribution in [0.1, 0.15) is 37.5 Å². The van der Waals surface area contributed by atoms with Gasteiger partial charge >= 0.3 is 0 Å². The highest BCUT2D eigenvalue weighted by molar-refractivity contribution is 7.89. The second-order valence-electron chi connectivity index (χ2n) is 6.44. The highest BCUT2D eigenvalue weighted by Crippen LogP contribution is 2.26. The third-order valence-corrected chi connectivity index (χ3v) is 7.83. The van der Waals surface area contributed by atoms with E-state index in [1.165, 1.54) is 15.6 Å². The zero-order valence-corrected chi connectivity index (χ0v) is 16.9. The van der Waals surface area contributed by atoms with Gasteiger partial charge < -0.3 is 10.2 Å². The predicted octanol–water partition coefficient (Wildman–Crippen LogP) is 2.21. The molecule has 1 aromatic rings. The van der Waals surface area contributed by atoms with E-state index in [4.69, 9.17) is 16.4 Å². The first-order valence-electron chi connectivity index (χ1n) is 8.65. The molecular weight excluding hydrogens is 398 g/mol. The lowest BCUT2D eigenvalue weighted by atomic mass is 10.1. The summed E-state index contributed by atoms with van der Waals surface area (Å²) in [5.74, 6) is -0.0338. The van der Waals surface area contributed by atoms with E-state index >= 15 is 0 Å². The van der Waals surface area contributed by atoms with Crippen LogP contribution in [-0.2, 0) is 19.7 Å². The Morgan fingerprint density at radius 1 is 1.42 bits per heavy atom. The SMILES string of the molecule is CCCS(=O)(=O)N1CCC(NC(=O)C2CC(c3ccc(Cl)s3)=NO2)CC1. The molecule has 1 atom stereocenters. The average molecular weight is 420 g/mol. The summed E-state index contributed by atoms with van der Waals surface area (Å²) >= 11 is 7.33. The molecule has 144 valence electrons. The van der Waals surface area contributed by atoms with Crippen LogP contribution in [0.3, 0.4) is 0 Å². The summed E-state index contributed by atoms with van der Waals surface area (Å²) in [6, 6.07) is 3.61. The molecule has 2 aliphatic heterocycles. The van der Waals surface area contributed by atoms with E-state index in [2.05, 4.69) is 10.5 Å². The fourth-order valence-corrected chi connectivity index (χ4v) is 5.67. The van der Waals surface area contributed by atoms with Gasteiger partial charge in [-0.15, -0.1) is 11.3 Å². The number of thiophene rings is 1. The van der Waals surface area contributed by atoms with Crippen molar-refractivity contribution in [3.05, 3.63) is 21.3 Å². The van der Waals surface area contributed by atoms with Crippen LogP contribution in [0.25, 0.3) is 0 Å². The minimum absolute atomic E-state index is 0.0422. The number of sulfonamides is 1. The van der Waals surface area contributed by atoms with Gasteiger partial charge in [-0.2, -0.15) is 0 Å². The second-order valence-corrected chi connectivity index (χ2v) is 10.2. The summed E-state index contributed by atoms with van der Waals surface area (Å²) in [5, 5.41) is 6.96. The first-order valence-corrected chi connectivity index (χ1v) is 11.5. The monoisotopic (exact) mass is 419 g/mol. The predicted molar refractivity (Wildman–Crippen MR) is 102 cm³/mol. The maximum absolute atomic E-state index is 12.4. The Hall–Kier alpha value is -1.16. The molecular formula is C16H22ClN3O4S2. The summed E-state index contributed by atoms with van der Waals surface area (Å²) in [5.41, 5.74) is 0.725. The molecule has 0 spiro atoms. The van der Waals surface area contributed by atoms with Crippen molar-refractivity contribution in [2.45, 2.75) is 44.8 Å². The van der Waals surface area contributed by atoms with E-state index in [9.17, 15) is 13.2 Å². The molecule has 26 heavy (non-hydrogen) atoms. The van der Waals surface area contributed by atoms with Crippen molar-refractivity contribution < 1.29 is 18.0 Å². The van der Waals surface area contributed by atoms with Gasteiger partial charge in [-0.05, 0) is 31.4 Å². The number of hydrogen-bond acceptors (Lipinski definition) is 6. The molecule has 2 aliphatic rings. The number of hydrogen-bond donors (Lipinski definition) is 1. The van der Waals surface area contributed by atoms with Gasteiger partial charge in [0.1, 0.15) is 5.71 Å². The molecule has 10 heteroatoms. The molecule has 0 bridgehead atoms. The molecule has 3 rings (SSSR count). The quantitative estimate of drug-likeness (QED) is 0.765. The third-order valence-electron chi connectivity index (χ3n) is 4.47. The molecule has 7 nitrogen and oxygen atoms in total. The van der Waals surface area contributed by atoms with Crippen LogP contribution in [0.15, 0.2) is 17.3 Å². The maximum Gasteiger partial charge on any atom is 0.264 e. The highest BCUT2D eigenvalue weighted by Gasteiger charge is 2.33. The molecule has 3 heterocycles. The van der Waals surface area contributed by atoms with E-state index in [0.717, 1.165) is 10.6 Å². The molecule has 1 aromatic heterocycles. The van der Waals surface area contributed by atoms with Crippen LogP contribution in [0.4, 0.5) is 0 Å². The minimum Gasteiger partial charge on any atom is -0.382 e. The van der Waals surface area contributed by atoms with E-state index in [1.807, 2.05) is 13.0 Å². The maximum atomic E-state index is 12.4. The molecule has 1 amide bonds. The second kappa shape index (κ2) is 8.24. The van der Waals surface area contributed by atoms with E-state index in [-0.39, 0.29) is 17.7 Å². The fraction of sp³-hybridized carbons (Fsp3) is 0.625. The molecule has 1 fully saturated rings. The van der Waals surface area contributed by atoms with Gasteiger partial charge in [-0.1, -0.05) is 23.7 Å². The van der Waals surface area contributed by atoms with Crippen molar-refractivity contribution in [2.75, 3.05) is 18.8 Å². The van der Waals surface area contributed by atoms with Crippen LogP contribution in [0.2, 0.25) is 4.34 Å². The van der Waals surface area contributed by atoms with Crippen molar-refractivity contribution in [2.24, 2.45) is 5.16 Å². The molecule has 0 aromatic carbocycles. The Balaban J connectivity index is 1.47. The van der Waals surface area contributed by atoms with Crippen molar-refractivity contribution in [1.29, 1.82) is 0 Å². The van der Waals surface area contributed by atoms with Crippen LogP contribution < -0.4 is 5.32 Å². The van der Waals surface area contributed by atoms with E-state index < -0.39 is 16.1 Å². The van der Waals surface area contributed by atoms with Gasteiger partial charge in [0.2, 0.25) is 16.1 Å². The summed E-state index contributed by atoms with van der Waals surface area (Å²) in [4.78, 5) is 18.6. The van der Waals surface area contributed by atoms with Crippen molar-refractivity contribution in [3.63, 3.8) is 0 Å². The van der Waals surface area contributed by atoms with Gasteiger partial charge in [0.15, 0.2) is 0 Å². The number of rotatable bonds is 6. The summed E-state index contributed by atoms with van der Waals surface area (Å²) in [6.07, 6.45) is 1.58. The molecule has 1 saturated heterocycles. The zero-order valence-electron chi connectivity index (χ0n) is 14.5. The Morgan fingerprint density at radius 2 is 2.15 bits per heavy atom. The first-order chi connectivity index (χ1) is 12.4. The normalized spacial score (nSPS) is 22.1. The molecule has 1 N–H and O–H groups in total. The van der Waals surface area contributed by atoms with Crippen LogP contribution >= 0.6 is 22.9 Å². The largest absolute Gasteiger partial charge is 0.382 e. The van der Waals surface area contributed by atoms with Crippen molar-refractivity contribution in [1.82, 2.24) is 9.62 Å². The average Bonchev–Trinajstić information content (AvgIpc) is 3.24. The first kappa shape index (κ1) is 19.6. The van der Waals surface area contributed by atoms with Gasteiger partial charge in [-0.25, -0.2) is 12.7 Å². The standard InChI is InChI=1S/C16H22ClN3O4S2/c1-2-9-26(22,23)20-7-5-11(6-8-20)18-16(21)13-10-12(19-24-13)14-3-4-15(17)25-14/h3-4,11,13H,2,5-10H2,1H3,(H,18,21). The Kier molecular flexibility index (Phi) is 6.21. The number of carbonyl (C=O) groups is 1. The minimum atomic E-state index is -3.17. The van der Waals surface area contributed by atoms with Crippen molar-refractivity contribution >= 4 is 44.6 Å². The van der Waals surface area contributed by atoms with Gasteiger partial charge in [0.25, 0.3) is 5.91 Å². The lowest BCUT2D eigenvalue weighted by Crippen LogP contribution is -2.49. The fourth-order valence-electron chi connectivity index (χ4n) is 3.09. The number of carbonyl (C=O) groups excluding carboxylic acids is 1. The van der Waals surface area contributed by atoms with Crippen LogP contribution in [-0.4, -0.2) is 55.3 Å². The summed E-state index contributed by atoms with van der Waals surface area (Å²) in [7, 11) is -3.17. The Morgan fingerprint density at radius 3 is 2.77 bits per heavy atom. The van der Waals surface area contributed by atoms with Gasteiger partial charge in [0, 0.05) is 25.6 Å². The number of nitrogens with zero attached hydrogens (tertiary/aromatic N) is 2. The summed E-state index contributed by atoms with van der Waals surface area (Å²) < 4.78 is 26.4. The van der Waals surface area contributed by atoms with Gasteiger partial charge in [0.05, 0.1) is 15.0 Å². The van der Waals surface area contributed by atoms with E-state index in [1.54, 1.807) is 6.07 Å².